The van der Waals surface area contributed by atoms with E-state index in [1.807, 2.05) is 66.7 Å². The number of hydrogen-bond acceptors (Lipinski definition) is 4. The van der Waals surface area contributed by atoms with Crippen molar-refractivity contribution in [1.29, 1.82) is 0 Å². The van der Waals surface area contributed by atoms with Crippen LogP contribution in [-0.4, -0.2) is 15.1 Å². The molecule has 0 aliphatic rings. The molecule has 0 saturated carbocycles. The van der Waals surface area contributed by atoms with Crippen LogP contribution in [0.5, 0.6) is 5.75 Å². The predicted molar refractivity (Wildman–Crippen MR) is 148 cm³/mol. The predicted octanol–water partition coefficient (Wildman–Crippen LogP) is 8.35. The molecule has 0 aliphatic carbocycles. The van der Waals surface area contributed by atoms with Gasteiger partial charge in [0.05, 0.1) is 11.1 Å². The van der Waals surface area contributed by atoms with Gasteiger partial charge in [-0.3, -0.25) is 4.98 Å². The van der Waals surface area contributed by atoms with E-state index in [-0.39, 0.29) is 32.7 Å². The Labute approximate surface area is 234 Å². The molecule has 2 heterocycles. The van der Waals surface area contributed by atoms with E-state index in [1.54, 1.807) is 17.5 Å². The van der Waals surface area contributed by atoms with Gasteiger partial charge in [-0.1, -0.05) is 84.8 Å². The molecule has 1 atom stereocenters. The largest absolute Gasteiger partial charge is 0.507 e. The van der Waals surface area contributed by atoms with Gasteiger partial charge in [0.25, 0.3) is 0 Å². The van der Waals surface area contributed by atoms with Crippen LogP contribution in [0.4, 0.5) is 0 Å². The normalized spacial score (nSPS) is 11.7. The molecule has 0 saturated heterocycles. The number of phenolic OH excluding ortho intramolecular Hbond substituents is 1. The molecule has 0 fully saturated rings. The van der Waals surface area contributed by atoms with E-state index in [1.165, 1.54) is 5.56 Å². The first-order valence-corrected chi connectivity index (χ1v) is 12.7. The average molecular weight is 679 g/mol. The molecule has 0 amide bonds. The number of thiazole rings is 1. The molecular formula is C32H23N2OPtS-. The number of fused-ring (bicyclic) bond motifs is 1. The van der Waals surface area contributed by atoms with Crippen molar-refractivity contribution in [1.82, 2.24) is 9.97 Å². The average Bonchev–Trinajstić information content (AvgIpc) is 3.38. The third-order valence-electron chi connectivity index (χ3n) is 6.51. The second-order valence-corrected chi connectivity index (χ2v) is 9.77. The molecule has 184 valence electrons. The molecule has 0 spiro atoms. The van der Waals surface area contributed by atoms with E-state index in [2.05, 4.69) is 54.4 Å². The Hall–Kier alpha value is -3.59. The molecule has 6 aromatic rings. The number of hydrogen-bond donors (Lipinski definition) is 1. The molecule has 37 heavy (non-hydrogen) atoms. The summed E-state index contributed by atoms with van der Waals surface area (Å²) in [5.74, 6) is 0.359. The quantitative estimate of drug-likeness (QED) is 0.187. The first-order valence-electron chi connectivity index (χ1n) is 11.9. The van der Waals surface area contributed by atoms with Crippen LogP contribution in [-0.2, 0) is 21.1 Å². The zero-order valence-corrected chi connectivity index (χ0v) is 23.1. The van der Waals surface area contributed by atoms with Gasteiger partial charge in [0.1, 0.15) is 10.8 Å². The van der Waals surface area contributed by atoms with E-state index in [0.29, 0.717) is 0 Å². The van der Waals surface area contributed by atoms with Crippen molar-refractivity contribution in [2.75, 3.05) is 0 Å². The summed E-state index contributed by atoms with van der Waals surface area (Å²) >= 11 is 1.59. The Morgan fingerprint density at radius 1 is 0.757 bits per heavy atom. The third kappa shape index (κ3) is 4.87. The number of para-hydroxylation sites is 2. The van der Waals surface area contributed by atoms with Gasteiger partial charge in [0.15, 0.2) is 0 Å². The molecule has 1 unspecified atom stereocenters. The summed E-state index contributed by atoms with van der Waals surface area (Å²) in [7, 11) is 0. The van der Waals surface area contributed by atoms with Gasteiger partial charge in [-0.05, 0) is 23.8 Å². The number of rotatable bonds is 5. The second-order valence-electron chi connectivity index (χ2n) is 8.74. The van der Waals surface area contributed by atoms with Crippen LogP contribution >= 0.6 is 11.3 Å². The van der Waals surface area contributed by atoms with Gasteiger partial charge >= 0.3 is 0 Å². The topological polar surface area (TPSA) is 46.0 Å². The SMILES string of the molecule is CC(c1ccccc1)c1cccc(-c2nc3c(-c4[c-]c(-c5ccccn5)ccc4)cccc3s2)c1O.[Pt]. The number of phenols is 1. The van der Waals surface area contributed by atoms with E-state index in [0.717, 1.165) is 48.7 Å². The van der Waals surface area contributed by atoms with E-state index >= 15 is 0 Å². The van der Waals surface area contributed by atoms with Crippen molar-refractivity contribution in [3.8, 4) is 38.7 Å². The number of benzene rings is 4. The van der Waals surface area contributed by atoms with E-state index in [4.69, 9.17) is 4.98 Å². The molecule has 0 radical (unpaired) electrons. The standard InChI is InChI=1S/C32H23N2OS.Pt/c1-21(22-10-3-2-4-11-22)25-14-8-16-27(31(25)35)32-34-30-26(15-9-18-29(30)36-32)23-12-7-13-24(20-23)28-17-5-6-19-33-28;/h2-19,21,35H,1H3;/q-1;. The Morgan fingerprint density at radius 3 is 2.30 bits per heavy atom. The molecule has 4 aromatic carbocycles. The zero-order valence-electron chi connectivity index (χ0n) is 20.0. The molecule has 2 aromatic heterocycles. The van der Waals surface area contributed by atoms with Gasteiger partial charge in [-0.25, -0.2) is 4.98 Å². The smallest absolute Gasteiger partial charge is 0.129 e. The van der Waals surface area contributed by atoms with Crippen LogP contribution in [0.15, 0.2) is 109 Å². The minimum absolute atomic E-state index is 0. The number of aromatic nitrogens is 2. The van der Waals surface area contributed by atoms with Crippen LogP contribution in [0, 0.1) is 6.07 Å². The van der Waals surface area contributed by atoms with Crippen molar-refractivity contribution >= 4 is 21.6 Å². The van der Waals surface area contributed by atoms with Crippen LogP contribution in [0.1, 0.15) is 24.0 Å². The number of nitrogens with zero attached hydrogens (tertiary/aromatic N) is 2. The van der Waals surface area contributed by atoms with Crippen molar-refractivity contribution < 1.29 is 26.2 Å². The molecule has 6 rings (SSSR count). The molecule has 0 bridgehead atoms. The fourth-order valence-corrected chi connectivity index (χ4v) is 5.60. The fraction of sp³-hybridized carbons (Fsp3) is 0.0625. The first-order chi connectivity index (χ1) is 17.7. The van der Waals surface area contributed by atoms with Gasteiger partial charge in [-0.15, -0.1) is 41.2 Å². The van der Waals surface area contributed by atoms with Crippen LogP contribution in [0.3, 0.4) is 0 Å². The van der Waals surface area contributed by atoms with Crippen LogP contribution in [0.2, 0.25) is 0 Å². The minimum atomic E-state index is 0. The summed E-state index contributed by atoms with van der Waals surface area (Å²) in [6, 6.07) is 37.9. The van der Waals surface area contributed by atoms with E-state index < -0.39 is 0 Å². The molecule has 0 aliphatic heterocycles. The molecule has 3 nitrogen and oxygen atoms in total. The maximum Gasteiger partial charge on any atom is 0.129 e. The van der Waals surface area contributed by atoms with Crippen molar-refractivity contribution in [2.24, 2.45) is 0 Å². The van der Waals surface area contributed by atoms with Crippen LogP contribution in [0.25, 0.3) is 43.2 Å². The number of pyridine rings is 1. The Kier molecular flexibility index (Phi) is 7.32. The third-order valence-corrected chi connectivity index (χ3v) is 7.56. The van der Waals surface area contributed by atoms with Gasteiger partial charge in [0, 0.05) is 49.1 Å². The number of aromatic hydroxyl groups is 1. The summed E-state index contributed by atoms with van der Waals surface area (Å²) < 4.78 is 1.07. The molecular weight excluding hydrogens is 656 g/mol. The van der Waals surface area contributed by atoms with E-state index in [9.17, 15) is 5.11 Å². The fourth-order valence-electron chi connectivity index (χ4n) is 4.58. The zero-order chi connectivity index (χ0) is 24.5. The Morgan fingerprint density at radius 2 is 1.49 bits per heavy atom. The Bertz CT molecular complexity index is 1670. The molecule has 1 N–H and O–H groups in total. The summed E-state index contributed by atoms with van der Waals surface area (Å²) in [6.07, 6.45) is 1.79. The van der Waals surface area contributed by atoms with Gasteiger partial charge in [-0.2, -0.15) is 0 Å². The summed E-state index contributed by atoms with van der Waals surface area (Å²) in [5, 5.41) is 12.1. The monoisotopic (exact) mass is 678 g/mol. The summed E-state index contributed by atoms with van der Waals surface area (Å²) in [4.78, 5) is 9.49. The first kappa shape index (κ1) is 25.1. The van der Waals surface area contributed by atoms with Crippen molar-refractivity contribution in [2.45, 2.75) is 12.8 Å². The Balaban J connectivity index is 0.00000280. The van der Waals surface area contributed by atoms with Crippen LogP contribution < -0.4 is 0 Å². The second kappa shape index (κ2) is 10.8. The molecule has 5 heteroatoms. The van der Waals surface area contributed by atoms with Crippen molar-refractivity contribution in [3.63, 3.8) is 0 Å². The maximum absolute atomic E-state index is 11.3. The van der Waals surface area contributed by atoms with Gasteiger partial charge in [0.2, 0.25) is 0 Å². The summed E-state index contributed by atoms with van der Waals surface area (Å²) in [6.45, 7) is 2.12. The van der Waals surface area contributed by atoms with Crippen molar-refractivity contribution in [3.05, 3.63) is 127 Å². The van der Waals surface area contributed by atoms with Gasteiger partial charge < -0.3 is 5.11 Å². The minimum Gasteiger partial charge on any atom is -0.507 e. The summed E-state index contributed by atoms with van der Waals surface area (Å²) in [5.41, 5.74) is 7.55. The maximum atomic E-state index is 11.3.